The normalized spacial score (nSPS) is 22.9. The first-order valence-electron chi connectivity index (χ1n) is 6.07. The molecule has 2 nitrogen and oxygen atoms in total. The summed E-state index contributed by atoms with van der Waals surface area (Å²) in [6.07, 6.45) is 7.12. The molecule has 2 heteroatoms. The largest absolute Gasteiger partial charge is 0.295 e. The average Bonchev–Trinajstić information content (AvgIpc) is 2.31. The Bertz CT molecular complexity index is 282. The molecule has 1 atom stereocenters. The SMILES string of the molecule is CCCN1CCCCC1c1ccccn1. The lowest BCUT2D eigenvalue weighted by Crippen LogP contribution is -2.34. The maximum absolute atomic E-state index is 4.49. The van der Waals surface area contributed by atoms with Crippen LogP contribution in [0.25, 0.3) is 0 Å². The Morgan fingerprint density at radius 1 is 1.40 bits per heavy atom. The van der Waals surface area contributed by atoms with Gasteiger partial charge in [0.1, 0.15) is 0 Å². The highest BCUT2D eigenvalue weighted by atomic mass is 15.2. The Kier molecular flexibility index (Phi) is 3.73. The van der Waals surface area contributed by atoms with Gasteiger partial charge in [0.2, 0.25) is 0 Å². The number of likely N-dealkylation sites (tertiary alicyclic amines) is 1. The molecule has 1 aliphatic heterocycles. The minimum absolute atomic E-state index is 0.569. The molecule has 0 radical (unpaired) electrons. The maximum Gasteiger partial charge on any atom is 0.0575 e. The summed E-state index contributed by atoms with van der Waals surface area (Å²) in [4.78, 5) is 7.08. The molecule has 0 saturated carbocycles. The highest BCUT2D eigenvalue weighted by Gasteiger charge is 2.23. The number of nitrogens with zero attached hydrogens (tertiary/aromatic N) is 2. The second kappa shape index (κ2) is 5.26. The van der Waals surface area contributed by atoms with Gasteiger partial charge in [0, 0.05) is 6.20 Å². The van der Waals surface area contributed by atoms with Crippen LogP contribution in [0, 0.1) is 0 Å². The highest BCUT2D eigenvalue weighted by molar-refractivity contribution is 5.09. The van der Waals surface area contributed by atoms with Crippen LogP contribution in [0.2, 0.25) is 0 Å². The van der Waals surface area contributed by atoms with E-state index in [1.54, 1.807) is 0 Å². The first-order valence-corrected chi connectivity index (χ1v) is 6.07. The van der Waals surface area contributed by atoms with Crippen LogP contribution < -0.4 is 0 Å². The number of rotatable bonds is 3. The predicted molar refractivity (Wildman–Crippen MR) is 62.7 cm³/mol. The minimum Gasteiger partial charge on any atom is -0.295 e. The van der Waals surface area contributed by atoms with Crippen molar-refractivity contribution in [2.75, 3.05) is 13.1 Å². The van der Waals surface area contributed by atoms with Crippen molar-refractivity contribution in [3.05, 3.63) is 30.1 Å². The van der Waals surface area contributed by atoms with Gasteiger partial charge in [-0.3, -0.25) is 9.88 Å². The summed E-state index contributed by atoms with van der Waals surface area (Å²) in [5, 5.41) is 0. The van der Waals surface area contributed by atoms with E-state index in [0.717, 1.165) is 0 Å². The number of hydrogen-bond donors (Lipinski definition) is 0. The molecule has 2 rings (SSSR count). The van der Waals surface area contributed by atoms with E-state index < -0.39 is 0 Å². The third kappa shape index (κ3) is 2.57. The van der Waals surface area contributed by atoms with E-state index in [0.29, 0.717) is 6.04 Å². The lowest BCUT2D eigenvalue weighted by Gasteiger charge is -2.35. The number of pyridine rings is 1. The fourth-order valence-electron chi connectivity index (χ4n) is 2.45. The maximum atomic E-state index is 4.49. The molecule has 1 saturated heterocycles. The summed E-state index contributed by atoms with van der Waals surface area (Å²) in [5.41, 5.74) is 1.26. The molecule has 1 fully saturated rings. The van der Waals surface area contributed by atoms with Crippen LogP contribution in [0.1, 0.15) is 44.3 Å². The van der Waals surface area contributed by atoms with E-state index in [1.807, 2.05) is 12.3 Å². The Balaban J connectivity index is 2.11. The highest BCUT2D eigenvalue weighted by Crippen LogP contribution is 2.29. The topological polar surface area (TPSA) is 16.1 Å². The molecule has 82 valence electrons. The summed E-state index contributed by atoms with van der Waals surface area (Å²) < 4.78 is 0. The lowest BCUT2D eigenvalue weighted by molar-refractivity contribution is 0.146. The molecular weight excluding hydrogens is 184 g/mol. The Hall–Kier alpha value is -0.890. The average molecular weight is 204 g/mol. The second-order valence-electron chi connectivity index (χ2n) is 4.30. The summed E-state index contributed by atoms with van der Waals surface area (Å²) in [6, 6.07) is 6.83. The number of hydrogen-bond acceptors (Lipinski definition) is 2. The van der Waals surface area contributed by atoms with Gasteiger partial charge in [-0.2, -0.15) is 0 Å². The van der Waals surface area contributed by atoms with Gasteiger partial charge < -0.3 is 0 Å². The van der Waals surface area contributed by atoms with E-state index in [4.69, 9.17) is 0 Å². The van der Waals surface area contributed by atoms with Crippen molar-refractivity contribution in [1.29, 1.82) is 0 Å². The van der Waals surface area contributed by atoms with Gasteiger partial charge in [0.05, 0.1) is 11.7 Å². The van der Waals surface area contributed by atoms with Gasteiger partial charge in [-0.25, -0.2) is 0 Å². The van der Waals surface area contributed by atoms with Crippen molar-refractivity contribution in [2.45, 2.75) is 38.6 Å². The second-order valence-corrected chi connectivity index (χ2v) is 4.30. The van der Waals surface area contributed by atoms with Crippen molar-refractivity contribution >= 4 is 0 Å². The first kappa shape index (κ1) is 10.6. The van der Waals surface area contributed by atoms with Gasteiger partial charge >= 0.3 is 0 Å². The van der Waals surface area contributed by atoms with Crippen LogP contribution in [-0.4, -0.2) is 23.0 Å². The molecule has 1 unspecified atom stereocenters. The van der Waals surface area contributed by atoms with Crippen molar-refractivity contribution in [3.8, 4) is 0 Å². The molecule has 1 aliphatic rings. The van der Waals surface area contributed by atoms with Crippen molar-refractivity contribution in [1.82, 2.24) is 9.88 Å². The first-order chi connectivity index (χ1) is 7.42. The Labute approximate surface area is 92.3 Å². The van der Waals surface area contributed by atoms with E-state index in [1.165, 1.54) is 44.5 Å². The van der Waals surface area contributed by atoms with Crippen LogP contribution in [0.4, 0.5) is 0 Å². The van der Waals surface area contributed by atoms with Gasteiger partial charge in [0.15, 0.2) is 0 Å². The van der Waals surface area contributed by atoms with Crippen LogP contribution in [0.15, 0.2) is 24.4 Å². The summed E-state index contributed by atoms with van der Waals surface area (Å²) in [7, 11) is 0. The van der Waals surface area contributed by atoms with Gasteiger partial charge in [-0.15, -0.1) is 0 Å². The molecule has 2 heterocycles. The number of aromatic nitrogens is 1. The lowest BCUT2D eigenvalue weighted by atomic mass is 9.98. The van der Waals surface area contributed by atoms with Gasteiger partial charge in [-0.1, -0.05) is 19.4 Å². The predicted octanol–water partition coefficient (Wildman–Crippen LogP) is 3.02. The fraction of sp³-hybridized carbons (Fsp3) is 0.615. The smallest absolute Gasteiger partial charge is 0.0575 e. The summed E-state index contributed by atoms with van der Waals surface area (Å²) in [6.45, 7) is 4.71. The standard InChI is InChI=1S/C13H20N2/c1-2-10-15-11-6-4-8-13(15)12-7-3-5-9-14-12/h3,5,7,9,13H,2,4,6,8,10-11H2,1H3. The van der Waals surface area contributed by atoms with Crippen molar-refractivity contribution in [2.24, 2.45) is 0 Å². The minimum atomic E-state index is 0.569. The zero-order valence-electron chi connectivity index (χ0n) is 9.52. The molecule has 0 amide bonds. The van der Waals surface area contributed by atoms with Crippen LogP contribution in [0.3, 0.4) is 0 Å². The quantitative estimate of drug-likeness (QED) is 0.752. The van der Waals surface area contributed by atoms with E-state index >= 15 is 0 Å². The van der Waals surface area contributed by atoms with E-state index in [2.05, 4.69) is 28.9 Å². The molecule has 0 aromatic carbocycles. The van der Waals surface area contributed by atoms with Gasteiger partial charge in [-0.05, 0) is 44.5 Å². The van der Waals surface area contributed by atoms with Crippen molar-refractivity contribution < 1.29 is 0 Å². The molecule has 0 spiro atoms. The summed E-state index contributed by atoms with van der Waals surface area (Å²) >= 11 is 0. The third-order valence-corrected chi connectivity index (χ3v) is 3.15. The van der Waals surface area contributed by atoms with Crippen LogP contribution in [-0.2, 0) is 0 Å². The van der Waals surface area contributed by atoms with Crippen molar-refractivity contribution in [3.63, 3.8) is 0 Å². The zero-order chi connectivity index (χ0) is 10.5. The fourth-order valence-corrected chi connectivity index (χ4v) is 2.45. The molecule has 0 bridgehead atoms. The Morgan fingerprint density at radius 2 is 2.33 bits per heavy atom. The molecular formula is C13H20N2. The summed E-state index contributed by atoms with van der Waals surface area (Å²) in [5.74, 6) is 0. The van der Waals surface area contributed by atoms with Gasteiger partial charge in [0.25, 0.3) is 0 Å². The molecule has 15 heavy (non-hydrogen) atoms. The van der Waals surface area contributed by atoms with Crippen LogP contribution >= 0.6 is 0 Å². The van der Waals surface area contributed by atoms with Crippen LogP contribution in [0.5, 0.6) is 0 Å². The zero-order valence-corrected chi connectivity index (χ0v) is 9.52. The number of piperidine rings is 1. The van der Waals surface area contributed by atoms with E-state index in [9.17, 15) is 0 Å². The molecule has 0 N–H and O–H groups in total. The Morgan fingerprint density at radius 3 is 3.07 bits per heavy atom. The molecule has 0 aliphatic carbocycles. The monoisotopic (exact) mass is 204 g/mol. The van der Waals surface area contributed by atoms with E-state index in [-0.39, 0.29) is 0 Å². The molecule has 1 aromatic rings. The third-order valence-electron chi connectivity index (χ3n) is 3.15. The molecule has 1 aromatic heterocycles.